The van der Waals surface area contributed by atoms with E-state index in [0.29, 0.717) is 30.4 Å². The number of fused-ring (bicyclic) bond motifs is 1. The predicted octanol–water partition coefficient (Wildman–Crippen LogP) is 1.53. The van der Waals surface area contributed by atoms with Gasteiger partial charge in [-0.05, 0) is 32.4 Å². The van der Waals surface area contributed by atoms with Gasteiger partial charge in [-0.15, -0.1) is 0 Å². The summed E-state index contributed by atoms with van der Waals surface area (Å²) in [5.41, 5.74) is 0.389. The van der Waals surface area contributed by atoms with Crippen molar-refractivity contribution in [2.45, 2.75) is 33.2 Å². The molecule has 1 aromatic rings. The van der Waals surface area contributed by atoms with E-state index < -0.39 is 10.0 Å². The van der Waals surface area contributed by atoms with Crippen LogP contribution in [-0.2, 0) is 14.8 Å². The van der Waals surface area contributed by atoms with Crippen molar-refractivity contribution in [3.05, 3.63) is 18.2 Å². The molecule has 0 spiro atoms. The van der Waals surface area contributed by atoms with Gasteiger partial charge in [0.15, 0.2) is 11.5 Å². The zero-order chi connectivity index (χ0) is 17.7. The van der Waals surface area contributed by atoms with Crippen LogP contribution in [0.1, 0.15) is 27.2 Å². The molecule has 0 saturated carbocycles. The summed E-state index contributed by atoms with van der Waals surface area (Å²) >= 11 is 0. The summed E-state index contributed by atoms with van der Waals surface area (Å²) in [5.74, 6) is 0.620. The van der Waals surface area contributed by atoms with Crippen LogP contribution in [0, 0.1) is 0 Å². The molecule has 0 radical (unpaired) electrons. The van der Waals surface area contributed by atoms with Gasteiger partial charge in [0.05, 0.1) is 11.4 Å². The summed E-state index contributed by atoms with van der Waals surface area (Å²) in [5, 5.41) is 2.79. The van der Waals surface area contributed by atoms with E-state index in [9.17, 15) is 13.2 Å². The van der Waals surface area contributed by atoms with E-state index in [1.807, 2.05) is 13.8 Å². The zero-order valence-corrected chi connectivity index (χ0v) is 15.1. The lowest BCUT2D eigenvalue weighted by Crippen LogP contribution is -2.44. The quantitative estimate of drug-likeness (QED) is 0.801. The number of anilines is 1. The Balaban J connectivity index is 2.28. The third kappa shape index (κ3) is 4.31. The van der Waals surface area contributed by atoms with Crippen LogP contribution in [0.4, 0.5) is 5.69 Å². The minimum atomic E-state index is -3.60. The number of amides is 1. The van der Waals surface area contributed by atoms with Gasteiger partial charge in [0.2, 0.25) is 15.9 Å². The molecule has 8 heteroatoms. The fraction of sp³-hybridized carbons (Fsp3) is 0.562. The van der Waals surface area contributed by atoms with Crippen LogP contribution in [0.2, 0.25) is 0 Å². The van der Waals surface area contributed by atoms with Crippen molar-refractivity contribution in [2.75, 3.05) is 29.8 Å². The number of hydrogen-bond acceptors (Lipinski definition) is 5. The molecule has 1 heterocycles. The van der Waals surface area contributed by atoms with Crippen molar-refractivity contribution in [3.63, 3.8) is 0 Å². The van der Waals surface area contributed by atoms with Gasteiger partial charge in [0.25, 0.3) is 0 Å². The molecule has 1 amide bonds. The van der Waals surface area contributed by atoms with Gasteiger partial charge in [-0.3, -0.25) is 9.10 Å². The van der Waals surface area contributed by atoms with Gasteiger partial charge < -0.3 is 14.8 Å². The Morgan fingerprint density at radius 2 is 1.92 bits per heavy atom. The number of nitrogens with one attached hydrogen (secondary N) is 1. The van der Waals surface area contributed by atoms with E-state index in [4.69, 9.17) is 9.47 Å². The fourth-order valence-electron chi connectivity index (χ4n) is 2.25. The third-order valence-corrected chi connectivity index (χ3v) is 5.56. The molecule has 1 aromatic carbocycles. The Bertz CT molecular complexity index is 690. The maximum atomic E-state index is 12.4. The number of carbonyl (C=O) groups is 1. The average molecular weight is 356 g/mol. The van der Waals surface area contributed by atoms with E-state index in [0.717, 1.165) is 10.7 Å². The monoisotopic (exact) mass is 356 g/mol. The van der Waals surface area contributed by atoms with Crippen LogP contribution in [0.25, 0.3) is 0 Å². The summed E-state index contributed by atoms with van der Waals surface area (Å²) in [7, 11) is -3.60. The predicted molar refractivity (Wildman–Crippen MR) is 92.1 cm³/mol. The molecule has 1 atom stereocenters. The Morgan fingerprint density at radius 1 is 1.25 bits per heavy atom. The van der Waals surface area contributed by atoms with Gasteiger partial charge in [-0.25, -0.2) is 8.42 Å². The molecule has 1 N–H and O–H groups in total. The molecule has 0 fully saturated rings. The molecule has 0 aliphatic carbocycles. The zero-order valence-electron chi connectivity index (χ0n) is 14.2. The molecule has 0 aromatic heterocycles. The number of rotatable bonds is 7. The lowest BCUT2D eigenvalue weighted by Gasteiger charge is -2.26. The Hall–Kier alpha value is -1.96. The first kappa shape index (κ1) is 18.4. The standard InChI is InChI=1S/C16H24N2O5S/c1-4-12(3)17-16(19)11-18(24(20,21)5-2)13-6-7-14-15(10-13)23-9-8-22-14/h6-7,10,12H,4-5,8-9,11H2,1-3H3,(H,17,19)/t12-/m1/s1. The number of nitrogens with zero attached hydrogens (tertiary/aromatic N) is 1. The summed E-state index contributed by atoms with van der Waals surface area (Å²) in [6, 6.07) is 4.87. The Labute approximate surface area is 143 Å². The van der Waals surface area contributed by atoms with E-state index >= 15 is 0 Å². The summed E-state index contributed by atoms with van der Waals surface area (Å²) in [6.07, 6.45) is 0.774. The number of hydrogen-bond donors (Lipinski definition) is 1. The fourth-order valence-corrected chi connectivity index (χ4v) is 3.31. The van der Waals surface area contributed by atoms with Crippen LogP contribution >= 0.6 is 0 Å². The Morgan fingerprint density at radius 3 is 2.54 bits per heavy atom. The van der Waals surface area contributed by atoms with E-state index in [2.05, 4.69) is 5.32 Å². The van der Waals surface area contributed by atoms with Crippen LogP contribution in [0.3, 0.4) is 0 Å². The largest absolute Gasteiger partial charge is 0.486 e. The highest BCUT2D eigenvalue weighted by Gasteiger charge is 2.25. The summed E-state index contributed by atoms with van der Waals surface area (Å²) in [6.45, 7) is 5.98. The van der Waals surface area contributed by atoms with Crippen molar-refractivity contribution < 1.29 is 22.7 Å². The second-order valence-electron chi connectivity index (χ2n) is 5.61. The molecule has 7 nitrogen and oxygen atoms in total. The molecule has 24 heavy (non-hydrogen) atoms. The van der Waals surface area contributed by atoms with Crippen molar-refractivity contribution in [3.8, 4) is 11.5 Å². The normalized spacial score (nSPS) is 14.8. The highest BCUT2D eigenvalue weighted by Crippen LogP contribution is 2.34. The second-order valence-corrected chi connectivity index (χ2v) is 7.79. The maximum Gasteiger partial charge on any atom is 0.240 e. The third-order valence-electron chi connectivity index (χ3n) is 3.82. The molecule has 0 unspecified atom stereocenters. The Kier molecular flexibility index (Phi) is 5.93. The molecule has 0 saturated heterocycles. The molecule has 0 bridgehead atoms. The molecule has 1 aliphatic rings. The van der Waals surface area contributed by atoms with Crippen LogP contribution in [0.5, 0.6) is 11.5 Å². The number of benzene rings is 1. The molecule has 1 aliphatic heterocycles. The molecule has 134 valence electrons. The summed E-state index contributed by atoms with van der Waals surface area (Å²) < 4.78 is 36.9. The topological polar surface area (TPSA) is 84.9 Å². The maximum absolute atomic E-state index is 12.4. The van der Waals surface area contributed by atoms with Crippen LogP contribution in [-0.4, -0.2) is 45.9 Å². The molecule has 2 rings (SSSR count). The second kappa shape index (κ2) is 7.74. The average Bonchev–Trinajstić information content (AvgIpc) is 2.59. The minimum Gasteiger partial charge on any atom is -0.486 e. The van der Waals surface area contributed by atoms with Gasteiger partial charge in [0, 0.05) is 12.1 Å². The first-order valence-electron chi connectivity index (χ1n) is 8.06. The molecular formula is C16H24N2O5S. The van der Waals surface area contributed by atoms with Gasteiger partial charge in [0.1, 0.15) is 19.8 Å². The highest BCUT2D eigenvalue weighted by molar-refractivity contribution is 7.92. The first-order valence-corrected chi connectivity index (χ1v) is 9.67. The number of sulfonamides is 1. The van der Waals surface area contributed by atoms with Crippen LogP contribution < -0.4 is 19.1 Å². The SMILES string of the molecule is CC[C@@H](C)NC(=O)CN(c1ccc2c(c1)OCCO2)S(=O)(=O)CC. The van der Waals surface area contributed by atoms with Crippen molar-refractivity contribution in [1.29, 1.82) is 0 Å². The highest BCUT2D eigenvalue weighted by atomic mass is 32.2. The van der Waals surface area contributed by atoms with Gasteiger partial charge in [-0.2, -0.15) is 0 Å². The van der Waals surface area contributed by atoms with Crippen LogP contribution in [0.15, 0.2) is 18.2 Å². The van der Waals surface area contributed by atoms with Gasteiger partial charge >= 0.3 is 0 Å². The van der Waals surface area contributed by atoms with E-state index in [1.165, 1.54) is 0 Å². The van der Waals surface area contributed by atoms with Crippen molar-refractivity contribution in [2.24, 2.45) is 0 Å². The molecular weight excluding hydrogens is 332 g/mol. The lowest BCUT2D eigenvalue weighted by atomic mass is 10.2. The number of carbonyl (C=O) groups excluding carboxylic acids is 1. The lowest BCUT2D eigenvalue weighted by molar-refractivity contribution is -0.120. The summed E-state index contributed by atoms with van der Waals surface area (Å²) in [4.78, 5) is 12.2. The van der Waals surface area contributed by atoms with Gasteiger partial charge in [-0.1, -0.05) is 6.92 Å². The smallest absolute Gasteiger partial charge is 0.240 e. The van der Waals surface area contributed by atoms with Crippen molar-refractivity contribution >= 4 is 21.6 Å². The minimum absolute atomic E-state index is 0.0102. The van der Waals surface area contributed by atoms with E-state index in [-0.39, 0.29) is 24.2 Å². The van der Waals surface area contributed by atoms with E-state index in [1.54, 1.807) is 25.1 Å². The number of ether oxygens (including phenoxy) is 2. The first-order chi connectivity index (χ1) is 11.4. The van der Waals surface area contributed by atoms with Crippen molar-refractivity contribution in [1.82, 2.24) is 5.32 Å².